The summed E-state index contributed by atoms with van der Waals surface area (Å²) >= 11 is 4.64. The van der Waals surface area contributed by atoms with E-state index < -0.39 is 0 Å². The maximum absolute atomic E-state index is 13.6. The largest absolute Gasteiger partial charge is 0.504 e. The van der Waals surface area contributed by atoms with Gasteiger partial charge in [-0.1, -0.05) is 33.6 Å². The van der Waals surface area contributed by atoms with Gasteiger partial charge in [0.1, 0.15) is 11.5 Å². The van der Waals surface area contributed by atoms with E-state index in [-0.39, 0.29) is 30.7 Å². The Hall–Kier alpha value is -4.81. The van der Waals surface area contributed by atoms with Crippen LogP contribution in [0.15, 0.2) is 103 Å². The second-order valence-corrected chi connectivity index (χ2v) is 11.7. The van der Waals surface area contributed by atoms with Crippen molar-refractivity contribution in [3.63, 3.8) is 0 Å². The summed E-state index contributed by atoms with van der Waals surface area (Å²) < 4.78 is 17.6. The van der Waals surface area contributed by atoms with E-state index in [1.54, 1.807) is 48.5 Å². The first-order valence-electron chi connectivity index (χ1n) is 13.9. The van der Waals surface area contributed by atoms with Gasteiger partial charge in [-0.2, -0.15) is 5.10 Å². The highest BCUT2D eigenvalue weighted by Gasteiger charge is 2.34. The molecule has 0 aliphatic carbocycles. The zero-order valence-corrected chi connectivity index (χ0v) is 26.8. The second kappa shape index (κ2) is 14.8. The first-order chi connectivity index (χ1) is 21.8. The lowest BCUT2D eigenvalue weighted by Crippen LogP contribution is -2.28. The number of halogens is 1. The molecule has 1 aliphatic heterocycles. The molecule has 1 aliphatic rings. The van der Waals surface area contributed by atoms with E-state index >= 15 is 0 Å². The molecule has 2 N–H and O–H groups in total. The molecule has 1 saturated heterocycles. The van der Waals surface area contributed by atoms with Crippen LogP contribution in [0.3, 0.4) is 0 Å². The van der Waals surface area contributed by atoms with Crippen LogP contribution >= 0.6 is 27.7 Å². The number of anilines is 1. The van der Waals surface area contributed by atoms with Gasteiger partial charge in [0.05, 0.1) is 30.5 Å². The van der Waals surface area contributed by atoms with Gasteiger partial charge in [0.25, 0.3) is 11.8 Å². The predicted molar refractivity (Wildman–Crippen MR) is 179 cm³/mol. The fourth-order valence-electron chi connectivity index (χ4n) is 4.19. The third kappa shape index (κ3) is 8.43. The van der Waals surface area contributed by atoms with Crippen molar-refractivity contribution in [3.05, 3.63) is 111 Å². The Kier molecular flexibility index (Phi) is 10.4. The van der Waals surface area contributed by atoms with Crippen LogP contribution in [-0.2, 0) is 16.1 Å². The minimum absolute atomic E-state index is 0.0273. The van der Waals surface area contributed by atoms with Crippen molar-refractivity contribution in [1.82, 2.24) is 4.90 Å². The molecule has 0 saturated carbocycles. The van der Waals surface area contributed by atoms with Crippen molar-refractivity contribution < 1.29 is 28.6 Å². The third-order valence-electron chi connectivity index (χ3n) is 6.37. The van der Waals surface area contributed by atoms with E-state index in [1.807, 2.05) is 38.1 Å². The van der Waals surface area contributed by atoms with Gasteiger partial charge in [0.15, 0.2) is 23.3 Å². The van der Waals surface area contributed by atoms with E-state index in [0.717, 1.165) is 21.8 Å². The average Bonchev–Trinajstić information content (AvgIpc) is 3.64. The molecule has 45 heavy (non-hydrogen) atoms. The number of benzene rings is 3. The van der Waals surface area contributed by atoms with Gasteiger partial charge in [-0.15, -0.1) is 5.10 Å². The molecule has 2 heterocycles. The average molecular weight is 690 g/mol. The summed E-state index contributed by atoms with van der Waals surface area (Å²) in [6, 6.07) is 21.2. The normalized spacial score (nSPS) is 14.9. The number of carbonyl (C=O) groups is 2. The standard InChI is InChI=1S/C33H29BrN4O6S/c1-3-42-29-15-22(8-12-27(29)39)18-35-37-33-38(19-26-5-4-14-43-26)32(41)30(45-33)17-23-16-24(34)9-13-28(23)44-20-31(40)36-25-10-6-21(2)7-11-25/h4-18,39H,3,19-20H2,1-2H3,(H,36,40)/b30-17-,35-18+,37-33-. The van der Waals surface area contributed by atoms with Crippen LogP contribution in [0.5, 0.6) is 17.2 Å². The third-order valence-corrected chi connectivity index (χ3v) is 7.86. The smallest absolute Gasteiger partial charge is 0.267 e. The SMILES string of the molecule is CCOc1cc(/C=N/N=C2\S/C(=C\c3cc(Br)ccc3OCC(=O)Nc3ccc(C)cc3)C(=O)N2Cc2ccco2)ccc1O. The molecule has 10 nitrogen and oxygen atoms in total. The summed E-state index contributed by atoms with van der Waals surface area (Å²) in [7, 11) is 0. The number of furan rings is 1. The molecule has 0 spiro atoms. The molecular weight excluding hydrogens is 660 g/mol. The number of rotatable bonds is 11. The van der Waals surface area contributed by atoms with Gasteiger partial charge in [-0.3, -0.25) is 14.5 Å². The lowest BCUT2D eigenvalue weighted by molar-refractivity contribution is -0.122. The first kappa shape index (κ1) is 31.6. The fraction of sp³-hybridized carbons (Fsp3) is 0.152. The summed E-state index contributed by atoms with van der Waals surface area (Å²) in [6.07, 6.45) is 4.74. The van der Waals surface area contributed by atoms with Crippen molar-refractivity contribution in [2.45, 2.75) is 20.4 Å². The summed E-state index contributed by atoms with van der Waals surface area (Å²) in [5.41, 5.74) is 3.02. The van der Waals surface area contributed by atoms with Crippen molar-refractivity contribution in [2.24, 2.45) is 10.2 Å². The maximum atomic E-state index is 13.6. The highest BCUT2D eigenvalue weighted by molar-refractivity contribution is 9.10. The van der Waals surface area contributed by atoms with Gasteiger partial charge in [0, 0.05) is 15.7 Å². The van der Waals surface area contributed by atoms with Crippen molar-refractivity contribution >= 4 is 62.7 Å². The van der Waals surface area contributed by atoms with Crippen LogP contribution in [0.4, 0.5) is 5.69 Å². The number of amidine groups is 1. The second-order valence-electron chi connectivity index (χ2n) is 9.75. The van der Waals surface area contributed by atoms with Gasteiger partial charge in [-0.05, 0) is 97.9 Å². The highest BCUT2D eigenvalue weighted by atomic mass is 79.9. The molecule has 1 aromatic heterocycles. The molecule has 1 fully saturated rings. The summed E-state index contributed by atoms with van der Waals surface area (Å²) in [5.74, 6) is 0.759. The van der Waals surface area contributed by atoms with E-state index in [1.165, 1.54) is 23.4 Å². The van der Waals surface area contributed by atoms with E-state index in [9.17, 15) is 14.7 Å². The number of amides is 2. The van der Waals surface area contributed by atoms with Crippen molar-refractivity contribution in [3.8, 4) is 17.2 Å². The number of thioether (sulfide) groups is 1. The topological polar surface area (TPSA) is 126 Å². The van der Waals surface area contributed by atoms with Gasteiger partial charge >= 0.3 is 0 Å². The number of nitrogens with zero attached hydrogens (tertiary/aromatic N) is 3. The Bertz CT molecular complexity index is 1770. The Morgan fingerprint density at radius 3 is 2.67 bits per heavy atom. The zero-order chi connectivity index (χ0) is 31.8. The quantitative estimate of drug-likeness (QED) is 0.0989. The summed E-state index contributed by atoms with van der Waals surface area (Å²) in [5, 5.41) is 21.7. The van der Waals surface area contributed by atoms with Crippen LogP contribution in [0.1, 0.15) is 29.4 Å². The van der Waals surface area contributed by atoms with Crippen LogP contribution in [0.2, 0.25) is 0 Å². The number of carbonyl (C=O) groups excluding carboxylic acids is 2. The summed E-state index contributed by atoms with van der Waals surface area (Å²) in [6.45, 7) is 4.13. The number of phenolic OH excluding ortho intramolecular Hbond substituents is 1. The fourth-order valence-corrected chi connectivity index (χ4v) is 5.49. The first-order valence-corrected chi connectivity index (χ1v) is 15.5. The monoisotopic (exact) mass is 688 g/mol. The Morgan fingerprint density at radius 2 is 1.91 bits per heavy atom. The number of hydrogen-bond acceptors (Lipinski definition) is 9. The molecule has 3 aromatic carbocycles. The predicted octanol–water partition coefficient (Wildman–Crippen LogP) is 6.98. The number of aromatic hydroxyl groups is 1. The molecule has 230 valence electrons. The molecule has 4 aromatic rings. The molecule has 2 amide bonds. The van der Waals surface area contributed by atoms with Gasteiger partial charge < -0.3 is 24.3 Å². The molecule has 0 bridgehead atoms. The number of aryl methyl sites for hydroxylation is 1. The van der Waals surface area contributed by atoms with Crippen molar-refractivity contribution in [1.29, 1.82) is 0 Å². The lowest BCUT2D eigenvalue weighted by atomic mass is 10.2. The molecule has 0 unspecified atom stereocenters. The number of ether oxygens (including phenoxy) is 2. The highest BCUT2D eigenvalue weighted by Crippen LogP contribution is 2.36. The van der Waals surface area contributed by atoms with E-state index in [2.05, 4.69) is 31.4 Å². The molecule has 0 atom stereocenters. The lowest BCUT2D eigenvalue weighted by Gasteiger charge is -2.13. The maximum Gasteiger partial charge on any atom is 0.267 e. The minimum atomic E-state index is -0.314. The number of hydrogen-bond donors (Lipinski definition) is 2. The van der Waals surface area contributed by atoms with E-state index in [4.69, 9.17) is 13.9 Å². The molecule has 5 rings (SSSR count). The minimum Gasteiger partial charge on any atom is -0.504 e. The van der Waals surface area contributed by atoms with Crippen LogP contribution in [-0.4, -0.2) is 46.4 Å². The van der Waals surface area contributed by atoms with Crippen molar-refractivity contribution in [2.75, 3.05) is 18.5 Å². The molecule has 12 heteroatoms. The number of nitrogens with one attached hydrogen (secondary N) is 1. The van der Waals surface area contributed by atoms with Crippen LogP contribution in [0.25, 0.3) is 6.08 Å². The van der Waals surface area contributed by atoms with Gasteiger partial charge in [-0.25, -0.2) is 0 Å². The molecular formula is C33H29BrN4O6S. The molecule has 0 radical (unpaired) electrons. The van der Waals surface area contributed by atoms with Gasteiger partial charge in [0.2, 0.25) is 0 Å². The van der Waals surface area contributed by atoms with Crippen LogP contribution < -0.4 is 14.8 Å². The summed E-state index contributed by atoms with van der Waals surface area (Å²) in [4.78, 5) is 28.1. The zero-order valence-electron chi connectivity index (χ0n) is 24.4. The number of phenols is 1. The van der Waals surface area contributed by atoms with Crippen LogP contribution in [0, 0.1) is 6.92 Å². The Labute approximate surface area is 272 Å². The van der Waals surface area contributed by atoms with E-state index in [0.29, 0.717) is 50.8 Å². The Balaban J connectivity index is 1.37. The Morgan fingerprint density at radius 1 is 1.09 bits per heavy atom.